The second kappa shape index (κ2) is 12.4. The first-order valence-corrected chi connectivity index (χ1v) is 12.5. The third-order valence-corrected chi connectivity index (χ3v) is 9.49. The van der Waals surface area contributed by atoms with Crippen molar-refractivity contribution < 1.29 is 0 Å². The van der Waals surface area contributed by atoms with E-state index >= 15 is 0 Å². The van der Waals surface area contributed by atoms with Gasteiger partial charge in [0.25, 0.3) is 0 Å². The fourth-order valence-corrected chi connectivity index (χ4v) is 7.84. The lowest BCUT2D eigenvalue weighted by Gasteiger charge is -2.35. The normalized spacial score (nSPS) is 20.7. The van der Waals surface area contributed by atoms with Gasteiger partial charge in [-0.1, -0.05) is 25.4 Å². The highest BCUT2D eigenvalue weighted by atomic mass is 32.2. The van der Waals surface area contributed by atoms with Gasteiger partial charge >= 0.3 is 0 Å². The van der Waals surface area contributed by atoms with Crippen LogP contribution in [0.4, 0.5) is 0 Å². The smallest absolute Gasteiger partial charge is 0.110 e. The van der Waals surface area contributed by atoms with Crippen molar-refractivity contribution in [1.29, 1.82) is 0 Å². The van der Waals surface area contributed by atoms with Crippen LogP contribution < -0.4 is 0 Å². The molecule has 0 aliphatic carbocycles. The lowest BCUT2D eigenvalue weighted by atomic mass is 8.50. The van der Waals surface area contributed by atoms with E-state index in [9.17, 15) is 0 Å². The maximum absolute atomic E-state index is 6.23. The van der Waals surface area contributed by atoms with E-state index in [-0.39, 0.29) is 30.6 Å². The van der Waals surface area contributed by atoms with Gasteiger partial charge in [-0.15, -0.1) is 0 Å². The molecule has 0 spiro atoms. The van der Waals surface area contributed by atoms with Crippen LogP contribution in [0, 0.1) is 0 Å². The average molecular weight is 388 g/mol. The Bertz CT molecular complexity index is 567. The maximum Gasteiger partial charge on any atom is 0.110 e. The molecule has 0 nitrogen and oxygen atoms in total. The topological polar surface area (TPSA) is 0 Å². The largest absolute Gasteiger partial charge is 0.165 e. The molecule has 2 saturated heterocycles. The molecule has 2 aliphatic rings. The monoisotopic (exact) mass is 392 g/mol. The maximum atomic E-state index is 6.23. The summed E-state index contributed by atoms with van der Waals surface area (Å²) < 4.78 is -0.0561. The minimum absolute atomic E-state index is 0.0561. The zero-order valence-corrected chi connectivity index (χ0v) is 20.0. The molecule has 0 amide bonds. The SMILES string of the molecule is [B]B([B])B(B([B])[B])B(B([B])[B])B1CC1C1(SCCC)CB1B(B([B])[B])B(B([B])[B])B([B])[B]. The highest BCUT2D eigenvalue weighted by Gasteiger charge is 2.71. The highest BCUT2D eigenvalue weighted by Crippen LogP contribution is 2.66. The summed E-state index contributed by atoms with van der Waals surface area (Å²) in [5, 5.41) is 0. The molecule has 0 N–H and O–H groups in total. The summed E-state index contributed by atoms with van der Waals surface area (Å²) in [4.78, 5) is 0. The molecule has 0 aromatic rings. The van der Waals surface area contributed by atoms with Crippen molar-refractivity contribution in [3.05, 3.63) is 0 Å². The van der Waals surface area contributed by atoms with Crippen LogP contribution in [-0.4, -0.2) is 180 Å². The minimum Gasteiger partial charge on any atom is -0.165 e. The summed E-state index contributed by atoms with van der Waals surface area (Å²) in [5.41, 5.74) is 0. The van der Waals surface area contributed by atoms with E-state index in [2.05, 4.69) is 6.92 Å². The minimum atomic E-state index is -0.723. The molecule has 2 aliphatic heterocycles. The molecular formula is C7H12B24S. The third-order valence-electron chi connectivity index (χ3n) is 7.56. The summed E-state index contributed by atoms with van der Waals surface area (Å²) in [6.07, 6.45) is -2.49. The van der Waals surface area contributed by atoms with Gasteiger partial charge in [-0.3, -0.25) is 0 Å². The Hall–Kier alpha value is 1.91. The van der Waals surface area contributed by atoms with Crippen LogP contribution in [-0.2, 0) is 0 Å². The zero-order valence-electron chi connectivity index (χ0n) is 19.2. The zero-order chi connectivity index (χ0) is 24.5. The molecule has 2 rings (SSSR count). The van der Waals surface area contributed by atoms with E-state index in [1.165, 1.54) is 0 Å². The van der Waals surface area contributed by atoms with Gasteiger partial charge in [0.05, 0.1) is 6.60 Å². The number of rotatable bonds is 14. The molecule has 118 valence electrons. The van der Waals surface area contributed by atoms with Crippen molar-refractivity contribution in [1.82, 2.24) is 0 Å². The number of hydrogen-bond acceptors (Lipinski definition) is 1. The Balaban J connectivity index is 2.33. The molecular weight excluding hydrogens is 376 g/mol. The Kier molecular flexibility index (Phi) is 11.7. The molecule has 0 aromatic carbocycles. The molecule has 32 heavy (non-hydrogen) atoms. The van der Waals surface area contributed by atoms with Crippen LogP contribution in [0.25, 0.3) is 0 Å². The summed E-state index contributed by atoms with van der Waals surface area (Å²) in [6.45, 7) is 2.53. The highest BCUT2D eigenvalue weighted by molar-refractivity contribution is 8.12. The van der Waals surface area contributed by atoms with E-state index in [1.807, 2.05) is 11.8 Å². The molecule has 2 heterocycles. The van der Waals surface area contributed by atoms with Gasteiger partial charge in [0, 0.05) is 157 Å². The van der Waals surface area contributed by atoms with Gasteiger partial charge in [-0.05, 0) is 16.8 Å². The van der Waals surface area contributed by atoms with Crippen molar-refractivity contribution in [3.63, 3.8) is 0 Å². The number of hydrogen-bond donors (Lipinski definition) is 0. The van der Waals surface area contributed by atoms with Gasteiger partial charge in [-0.2, -0.15) is 11.8 Å². The Morgan fingerprint density at radius 3 is 1.53 bits per heavy atom. The van der Waals surface area contributed by atoms with Crippen molar-refractivity contribution in [3.8, 4) is 0 Å². The second-order valence-corrected chi connectivity index (χ2v) is 11.4. The van der Waals surface area contributed by atoms with Crippen LogP contribution >= 0.6 is 11.8 Å². The fourth-order valence-electron chi connectivity index (χ4n) is 6.10. The Morgan fingerprint density at radius 2 is 1.16 bits per heavy atom. The lowest BCUT2D eigenvalue weighted by molar-refractivity contribution is 0.982. The Labute approximate surface area is 222 Å². The van der Waals surface area contributed by atoms with Gasteiger partial charge < -0.3 is 0 Å². The molecule has 2 unspecified atom stereocenters. The van der Waals surface area contributed by atoms with Gasteiger partial charge in [0.2, 0.25) is 0 Å². The quantitative estimate of drug-likeness (QED) is 0.267. The van der Waals surface area contributed by atoms with E-state index in [4.69, 9.17) is 92.8 Å². The van der Waals surface area contributed by atoms with Crippen molar-refractivity contribution in [2.75, 3.05) is 5.75 Å². The van der Waals surface area contributed by atoms with Crippen LogP contribution in [0.1, 0.15) is 13.3 Å². The van der Waals surface area contributed by atoms with Crippen LogP contribution in [0.5, 0.6) is 0 Å². The summed E-state index contributed by atoms with van der Waals surface area (Å²) in [5.74, 6) is 1.32. The average Bonchev–Trinajstić information content (AvgIpc) is 3.55. The van der Waals surface area contributed by atoms with Gasteiger partial charge in [0.1, 0.15) is 6.60 Å². The van der Waals surface area contributed by atoms with Crippen LogP contribution in [0.3, 0.4) is 0 Å². The standard InChI is InChI=1S/C7H12B24S/c1-2-3-32-7(5-21(7)29(23(10)11)31(26(16)17)27(18)19)6-4-20(6)28(22(8)9)30(24(12)13)25(14)15/h6H,2-5H2,1H3. The molecule has 24 radical (unpaired) electrons. The summed E-state index contributed by atoms with van der Waals surface area (Å²) in [6, 6.07) is 0. The predicted molar refractivity (Wildman–Crippen MR) is 177 cm³/mol. The van der Waals surface area contributed by atoms with Crippen molar-refractivity contribution >= 4 is 182 Å². The van der Waals surface area contributed by atoms with E-state index in [0.717, 1.165) is 24.8 Å². The first-order chi connectivity index (χ1) is 14.8. The van der Waals surface area contributed by atoms with Gasteiger partial charge in [0.15, 0.2) is 0 Å². The molecule has 0 aromatic heterocycles. The molecule has 25 heteroatoms. The first-order valence-electron chi connectivity index (χ1n) is 11.5. The molecule has 0 bridgehead atoms. The second-order valence-electron chi connectivity index (χ2n) is 9.89. The fraction of sp³-hybridized carbons (Fsp3) is 1.00. The third kappa shape index (κ3) is 6.61. The molecule has 2 fully saturated rings. The summed E-state index contributed by atoms with van der Waals surface area (Å²) in [7, 11) is 73.2. The lowest BCUT2D eigenvalue weighted by Crippen LogP contribution is -2.71. The molecule has 2 atom stereocenters. The van der Waals surface area contributed by atoms with Crippen LogP contribution in [0.15, 0.2) is 0 Å². The summed E-state index contributed by atoms with van der Waals surface area (Å²) >= 11 is 1.94. The first kappa shape index (κ1) is 30.1. The van der Waals surface area contributed by atoms with Crippen LogP contribution in [0.2, 0.25) is 18.5 Å². The van der Waals surface area contributed by atoms with E-state index < -0.39 is 51.1 Å². The van der Waals surface area contributed by atoms with E-state index in [0.29, 0.717) is 5.82 Å². The number of thioether (sulfide) groups is 1. The van der Waals surface area contributed by atoms with Crippen molar-refractivity contribution in [2.45, 2.75) is 36.4 Å². The Morgan fingerprint density at radius 1 is 0.719 bits per heavy atom. The predicted octanol–water partition coefficient (Wildman–Crippen LogP) is -6.49. The van der Waals surface area contributed by atoms with Crippen molar-refractivity contribution in [2.24, 2.45) is 0 Å². The van der Waals surface area contributed by atoms with Gasteiger partial charge in [-0.25, -0.2) is 0 Å². The van der Waals surface area contributed by atoms with E-state index in [1.54, 1.807) is 0 Å². The molecule has 0 saturated carbocycles.